The predicted octanol–water partition coefficient (Wildman–Crippen LogP) is 3.93. The van der Waals surface area contributed by atoms with E-state index in [1.54, 1.807) is 18.3 Å². The van der Waals surface area contributed by atoms with Gasteiger partial charge in [-0.25, -0.2) is 4.39 Å². The van der Waals surface area contributed by atoms with Crippen molar-refractivity contribution in [3.63, 3.8) is 0 Å². The Morgan fingerprint density at radius 3 is 2.76 bits per heavy atom. The average molecular weight is 233 g/mol. The Morgan fingerprint density at radius 2 is 2.12 bits per heavy atom. The van der Waals surface area contributed by atoms with Crippen LogP contribution in [0.1, 0.15) is 37.6 Å². The lowest BCUT2D eigenvalue weighted by Gasteiger charge is -2.20. The molecule has 0 aliphatic carbocycles. The van der Waals surface area contributed by atoms with Crippen LogP contribution in [-0.2, 0) is 0 Å². The van der Waals surface area contributed by atoms with Crippen LogP contribution in [0.4, 0.5) is 4.39 Å². The first kappa shape index (κ1) is 11.8. The molecule has 2 nitrogen and oxygen atoms in total. The maximum absolute atomic E-state index is 13.8. The summed E-state index contributed by atoms with van der Waals surface area (Å²) < 4.78 is 13.8. The normalized spacial score (nSPS) is 12.0. The van der Waals surface area contributed by atoms with Crippen LogP contribution in [0.3, 0.4) is 0 Å². The van der Waals surface area contributed by atoms with Gasteiger partial charge in [0.05, 0.1) is 0 Å². The van der Waals surface area contributed by atoms with E-state index in [1.165, 1.54) is 6.07 Å². The molecule has 2 rings (SSSR count). The molecular weight excluding hydrogens is 217 g/mol. The van der Waals surface area contributed by atoms with Crippen molar-refractivity contribution in [2.24, 2.45) is 5.41 Å². The molecule has 1 aromatic carbocycles. The van der Waals surface area contributed by atoms with E-state index in [2.05, 4.69) is 4.98 Å². The molecule has 0 bridgehead atoms. The van der Waals surface area contributed by atoms with Gasteiger partial charge in [0, 0.05) is 28.1 Å². The quantitative estimate of drug-likeness (QED) is 0.800. The standard InChI is InChI=1S/C14H16FNO/c1-4-14(2,3)13(17)9-8-16-11-7-5-6-10(15)12(9)11/h5-8,16H,4H2,1-3H3. The van der Waals surface area contributed by atoms with Crippen molar-refractivity contribution in [3.8, 4) is 0 Å². The van der Waals surface area contributed by atoms with E-state index in [0.29, 0.717) is 16.5 Å². The molecule has 0 amide bonds. The van der Waals surface area contributed by atoms with Gasteiger partial charge in [-0.1, -0.05) is 26.8 Å². The summed E-state index contributed by atoms with van der Waals surface area (Å²) in [5.74, 6) is -0.365. The van der Waals surface area contributed by atoms with Crippen molar-refractivity contribution < 1.29 is 9.18 Å². The molecule has 1 N–H and O–H groups in total. The van der Waals surface area contributed by atoms with Gasteiger partial charge in [-0.3, -0.25) is 4.79 Å². The lowest BCUT2D eigenvalue weighted by Crippen LogP contribution is -2.23. The number of aromatic amines is 1. The van der Waals surface area contributed by atoms with Gasteiger partial charge in [0.1, 0.15) is 5.82 Å². The van der Waals surface area contributed by atoms with Gasteiger partial charge in [-0.2, -0.15) is 0 Å². The molecule has 1 heterocycles. The zero-order valence-corrected chi connectivity index (χ0v) is 10.3. The Bertz CT molecular complexity index is 569. The summed E-state index contributed by atoms with van der Waals surface area (Å²) in [7, 11) is 0. The number of benzene rings is 1. The number of fused-ring (bicyclic) bond motifs is 1. The largest absolute Gasteiger partial charge is 0.360 e. The molecule has 0 radical (unpaired) electrons. The highest BCUT2D eigenvalue weighted by atomic mass is 19.1. The zero-order valence-electron chi connectivity index (χ0n) is 10.3. The molecule has 0 aliphatic heterocycles. The van der Waals surface area contributed by atoms with E-state index >= 15 is 0 Å². The Morgan fingerprint density at radius 1 is 1.41 bits per heavy atom. The van der Waals surface area contributed by atoms with Gasteiger partial charge < -0.3 is 4.98 Å². The van der Waals surface area contributed by atoms with E-state index in [0.717, 1.165) is 6.42 Å². The fourth-order valence-corrected chi connectivity index (χ4v) is 1.84. The highest BCUT2D eigenvalue weighted by Crippen LogP contribution is 2.30. The third kappa shape index (κ3) is 1.86. The predicted molar refractivity (Wildman–Crippen MR) is 66.7 cm³/mol. The minimum atomic E-state index is -0.461. The molecule has 0 fully saturated rings. The monoisotopic (exact) mass is 233 g/mol. The van der Waals surface area contributed by atoms with Crippen molar-refractivity contribution in [2.45, 2.75) is 27.2 Å². The Hall–Kier alpha value is -1.64. The number of nitrogens with one attached hydrogen (secondary N) is 1. The smallest absolute Gasteiger partial charge is 0.170 e. The number of H-pyrrole nitrogens is 1. The molecule has 0 atom stereocenters. The molecule has 0 aliphatic rings. The fourth-order valence-electron chi connectivity index (χ4n) is 1.84. The summed E-state index contributed by atoms with van der Waals surface area (Å²) in [6.45, 7) is 5.73. The van der Waals surface area contributed by atoms with Crippen molar-refractivity contribution >= 4 is 16.7 Å². The van der Waals surface area contributed by atoms with E-state index in [9.17, 15) is 9.18 Å². The topological polar surface area (TPSA) is 32.9 Å². The lowest BCUT2D eigenvalue weighted by molar-refractivity contribution is 0.0834. The maximum atomic E-state index is 13.8. The van der Waals surface area contributed by atoms with Gasteiger partial charge in [-0.05, 0) is 18.6 Å². The zero-order chi connectivity index (χ0) is 12.6. The van der Waals surface area contributed by atoms with Crippen LogP contribution in [0, 0.1) is 11.2 Å². The number of hydrogen-bond acceptors (Lipinski definition) is 1. The fraction of sp³-hybridized carbons (Fsp3) is 0.357. The summed E-state index contributed by atoms with van der Waals surface area (Å²) in [6, 6.07) is 4.79. The summed E-state index contributed by atoms with van der Waals surface area (Å²) in [5, 5.41) is 0.402. The van der Waals surface area contributed by atoms with Gasteiger partial charge >= 0.3 is 0 Å². The summed E-state index contributed by atoms with van der Waals surface area (Å²) in [5.41, 5.74) is 0.655. The van der Waals surface area contributed by atoms with Crippen LogP contribution in [-0.4, -0.2) is 10.8 Å². The molecule has 0 saturated carbocycles. The van der Waals surface area contributed by atoms with Crippen LogP contribution >= 0.6 is 0 Å². The van der Waals surface area contributed by atoms with E-state index < -0.39 is 5.41 Å². The molecule has 3 heteroatoms. The Balaban J connectivity index is 2.61. The number of ketones is 1. The number of halogens is 1. The van der Waals surface area contributed by atoms with E-state index in [4.69, 9.17) is 0 Å². The van der Waals surface area contributed by atoms with E-state index in [-0.39, 0.29) is 11.6 Å². The lowest BCUT2D eigenvalue weighted by atomic mass is 9.82. The Kier molecular flexibility index (Phi) is 2.77. The van der Waals surface area contributed by atoms with Gasteiger partial charge in [0.15, 0.2) is 5.78 Å². The molecule has 1 aromatic heterocycles. The first-order chi connectivity index (χ1) is 7.97. The molecule has 0 spiro atoms. The second-order valence-electron chi connectivity index (χ2n) is 4.93. The summed E-state index contributed by atoms with van der Waals surface area (Å²) in [4.78, 5) is 15.3. The molecule has 0 unspecified atom stereocenters. The Labute approximate surface area is 99.8 Å². The molecule has 0 saturated heterocycles. The third-order valence-corrected chi connectivity index (χ3v) is 3.40. The van der Waals surface area contributed by atoms with Gasteiger partial charge in [0.25, 0.3) is 0 Å². The van der Waals surface area contributed by atoms with Gasteiger partial charge in [-0.15, -0.1) is 0 Å². The van der Waals surface area contributed by atoms with Crippen LogP contribution in [0.5, 0.6) is 0 Å². The van der Waals surface area contributed by atoms with Crippen molar-refractivity contribution in [1.29, 1.82) is 0 Å². The molecule has 90 valence electrons. The van der Waals surface area contributed by atoms with Crippen LogP contribution in [0.15, 0.2) is 24.4 Å². The van der Waals surface area contributed by atoms with Crippen LogP contribution in [0.25, 0.3) is 10.9 Å². The van der Waals surface area contributed by atoms with Crippen molar-refractivity contribution in [2.75, 3.05) is 0 Å². The number of Topliss-reactive ketones (excluding diaryl/α,β-unsaturated/α-hetero) is 1. The maximum Gasteiger partial charge on any atom is 0.170 e. The number of rotatable bonds is 3. The number of carbonyl (C=O) groups excluding carboxylic acids is 1. The van der Waals surface area contributed by atoms with Crippen LogP contribution in [0.2, 0.25) is 0 Å². The minimum absolute atomic E-state index is 0.0173. The third-order valence-electron chi connectivity index (χ3n) is 3.40. The molecular formula is C14H16FNO. The second kappa shape index (κ2) is 3.99. The molecule has 2 aromatic rings. The van der Waals surface area contributed by atoms with Crippen molar-refractivity contribution in [3.05, 3.63) is 35.8 Å². The molecule has 17 heavy (non-hydrogen) atoms. The highest BCUT2D eigenvalue weighted by molar-refractivity contribution is 6.10. The minimum Gasteiger partial charge on any atom is -0.360 e. The summed E-state index contributed by atoms with van der Waals surface area (Å²) >= 11 is 0. The number of carbonyl (C=O) groups is 1. The SMILES string of the molecule is CCC(C)(C)C(=O)c1c[nH]c2cccc(F)c12. The average Bonchev–Trinajstić information content (AvgIpc) is 2.73. The van der Waals surface area contributed by atoms with Crippen LogP contribution < -0.4 is 0 Å². The van der Waals surface area contributed by atoms with Crippen molar-refractivity contribution in [1.82, 2.24) is 4.98 Å². The van der Waals surface area contributed by atoms with Gasteiger partial charge in [0.2, 0.25) is 0 Å². The highest BCUT2D eigenvalue weighted by Gasteiger charge is 2.29. The second-order valence-corrected chi connectivity index (χ2v) is 4.93. The number of aromatic nitrogens is 1. The first-order valence-electron chi connectivity index (χ1n) is 5.78. The summed E-state index contributed by atoms with van der Waals surface area (Å²) in [6.07, 6.45) is 2.33. The first-order valence-corrected chi connectivity index (χ1v) is 5.78. The van der Waals surface area contributed by atoms with E-state index in [1.807, 2.05) is 20.8 Å². The number of hydrogen-bond donors (Lipinski definition) is 1.